The maximum Gasteiger partial charge on any atom is 0.259 e. The Morgan fingerprint density at radius 3 is 2.72 bits per heavy atom. The third kappa shape index (κ3) is 2.27. The fraction of sp³-hybridized carbons (Fsp3) is 0.167. The van der Waals surface area contributed by atoms with Gasteiger partial charge < -0.3 is 15.5 Å². The molecule has 1 aromatic heterocycles. The van der Waals surface area contributed by atoms with E-state index in [1.54, 1.807) is 24.9 Å². The fourth-order valence-corrected chi connectivity index (χ4v) is 1.62. The summed E-state index contributed by atoms with van der Waals surface area (Å²) in [6.45, 7) is 1.76. The van der Waals surface area contributed by atoms with Crippen LogP contribution in [-0.2, 0) is 7.05 Å². The standard InChI is InChI=1S/C12H13N3O3/c1-7-10(6-15(2)14-7)13-12(18)9-5-8(16)3-4-11(9)17/h3-6,16-17H,1-2H3,(H,13,18). The lowest BCUT2D eigenvalue weighted by molar-refractivity contribution is 0.102. The maximum atomic E-state index is 11.9. The SMILES string of the molecule is Cc1nn(C)cc1NC(=O)c1cc(O)ccc1O. The van der Waals surface area contributed by atoms with Gasteiger partial charge in [0.25, 0.3) is 5.91 Å². The van der Waals surface area contributed by atoms with Crippen LogP contribution < -0.4 is 5.32 Å². The summed E-state index contributed by atoms with van der Waals surface area (Å²) in [7, 11) is 1.74. The van der Waals surface area contributed by atoms with Gasteiger partial charge in [0.1, 0.15) is 11.5 Å². The summed E-state index contributed by atoms with van der Waals surface area (Å²) in [5, 5.41) is 25.6. The van der Waals surface area contributed by atoms with Crippen LogP contribution in [0, 0.1) is 6.92 Å². The molecule has 2 rings (SSSR count). The van der Waals surface area contributed by atoms with Crippen molar-refractivity contribution in [3.63, 3.8) is 0 Å². The van der Waals surface area contributed by atoms with E-state index in [9.17, 15) is 15.0 Å². The van der Waals surface area contributed by atoms with Gasteiger partial charge in [-0.2, -0.15) is 5.10 Å². The van der Waals surface area contributed by atoms with E-state index in [-0.39, 0.29) is 17.1 Å². The predicted octanol–water partition coefficient (Wildman–Crippen LogP) is 1.39. The van der Waals surface area contributed by atoms with Crippen molar-refractivity contribution in [1.82, 2.24) is 9.78 Å². The smallest absolute Gasteiger partial charge is 0.259 e. The number of amides is 1. The number of benzene rings is 1. The van der Waals surface area contributed by atoms with Crippen molar-refractivity contribution < 1.29 is 15.0 Å². The molecule has 0 atom stereocenters. The van der Waals surface area contributed by atoms with Crippen molar-refractivity contribution in [2.45, 2.75) is 6.92 Å². The Bertz CT molecular complexity index is 605. The minimum atomic E-state index is -0.500. The highest BCUT2D eigenvalue weighted by atomic mass is 16.3. The number of hydrogen-bond donors (Lipinski definition) is 3. The average Bonchev–Trinajstić information content (AvgIpc) is 2.61. The highest BCUT2D eigenvalue weighted by Gasteiger charge is 2.14. The van der Waals surface area contributed by atoms with Crippen molar-refractivity contribution in [1.29, 1.82) is 0 Å². The molecule has 18 heavy (non-hydrogen) atoms. The van der Waals surface area contributed by atoms with E-state index in [1.807, 2.05) is 0 Å². The monoisotopic (exact) mass is 247 g/mol. The van der Waals surface area contributed by atoms with Crippen LogP contribution in [0.25, 0.3) is 0 Å². The number of phenolic OH excluding ortho intramolecular Hbond substituents is 2. The normalized spacial score (nSPS) is 10.3. The number of anilines is 1. The lowest BCUT2D eigenvalue weighted by atomic mass is 10.1. The summed E-state index contributed by atoms with van der Waals surface area (Å²) in [5.74, 6) is -0.771. The molecule has 0 unspecified atom stereocenters. The summed E-state index contributed by atoms with van der Waals surface area (Å²) >= 11 is 0. The Hall–Kier alpha value is -2.50. The number of hydrogen-bond acceptors (Lipinski definition) is 4. The Morgan fingerprint density at radius 1 is 1.39 bits per heavy atom. The number of carbonyl (C=O) groups is 1. The highest BCUT2D eigenvalue weighted by molar-refractivity contribution is 6.06. The van der Waals surface area contributed by atoms with Gasteiger partial charge in [-0.1, -0.05) is 0 Å². The molecule has 1 aromatic carbocycles. The van der Waals surface area contributed by atoms with Crippen LogP contribution >= 0.6 is 0 Å². The Balaban J connectivity index is 2.27. The second-order valence-electron chi connectivity index (χ2n) is 3.96. The number of aryl methyl sites for hydroxylation is 2. The minimum absolute atomic E-state index is 0.0123. The van der Waals surface area contributed by atoms with E-state index < -0.39 is 5.91 Å². The zero-order chi connectivity index (χ0) is 13.3. The van der Waals surface area contributed by atoms with Crippen molar-refractivity contribution in [2.75, 3.05) is 5.32 Å². The molecule has 0 radical (unpaired) electrons. The van der Waals surface area contributed by atoms with Crippen molar-refractivity contribution in [3.05, 3.63) is 35.7 Å². The molecule has 94 valence electrons. The van der Waals surface area contributed by atoms with Gasteiger partial charge in [0.2, 0.25) is 0 Å². The van der Waals surface area contributed by atoms with E-state index >= 15 is 0 Å². The van der Waals surface area contributed by atoms with Crippen molar-refractivity contribution in [3.8, 4) is 11.5 Å². The molecule has 0 fully saturated rings. The van der Waals surface area contributed by atoms with Gasteiger partial charge in [0.15, 0.2) is 0 Å². The molecule has 6 nitrogen and oxygen atoms in total. The molecule has 0 aliphatic rings. The molecule has 6 heteroatoms. The maximum absolute atomic E-state index is 11.9. The molecule has 1 heterocycles. The Labute approximate surface area is 103 Å². The predicted molar refractivity (Wildman–Crippen MR) is 65.7 cm³/mol. The van der Waals surface area contributed by atoms with Gasteiger partial charge in [-0.25, -0.2) is 0 Å². The number of aromatic nitrogens is 2. The molecule has 0 bridgehead atoms. The van der Waals surface area contributed by atoms with Crippen LogP contribution in [0.5, 0.6) is 11.5 Å². The lowest BCUT2D eigenvalue weighted by Gasteiger charge is -2.06. The molecular formula is C12H13N3O3. The van der Waals surface area contributed by atoms with Gasteiger partial charge in [-0.3, -0.25) is 9.48 Å². The summed E-state index contributed by atoms with van der Waals surface area (Å²) in [6.07, 6.45) is 1.66. The Morgan fingerprint density at radius 2 is 2.11 bits per heavy atom. The van der Waals surface area contributed by atoms with Gasteiger partial charge in [0.05, 0.1) is 16.9 Å². The first-order valence-electron chi connectivity index (χ1n) is 5.31. The van der Waals surface area contributed by atoms with Gasteiger partial charge in [-0.15, -0.1) is 0 Å². The Kier molecular flexibility index (Phi) is 2.93. The van der Waals surface area contributed by atoms with Crippen LogP contribution in [0.15, 0.2) is 24.4 Å². The van der Waals surface area contributed by atoms with E-state index in [2.05, 4.69) is 10.4 Å². The van der Waals surface area contributed by atoms with Crippen molar-refractivity contribution in [2.24, 2.45) is 7.05 Å². The number of nitrogens with one attached hydrogen (secondary N) is 1. The van der Waals surface area contributed by atoms with Crippen LogP contribution in [-0.4, -0.2) is 25.9 Å². The molecule has 0 saturated carbocycles. The van der Waals surface area contributed by atoms with Crippen LogP contribution in [0.3, 0.4) is 0 Å². The quantitative estimate of drug-likeness (QED) is 0.700. The summed E-state index contributed by atoms with van der Waals surface area (Å²) in [5.41, 5.74) is 1.24. The molecule has 0 spiro atoms. The number of aromatic hydroxyl groups is 2. The second-order valence-corrected chi connectivity index (χ2v) is 3.96. The largest absolute Gasteiger partial charge is 0.508 e. The molecule has 0 aliphatic carbocycles. The first kappa shape index (κ1) is 12.0. The second kappa shape index (κ2) is 4.40. The van der Waals surface area contributed by atoms with E-state index in [1.165, 1.54) is 18.2 Å². The third-order valence-corrected chi connectivity index (χ3v) is 2.49. The number of phenols is 2. The molecule has 2 aromatic rings. The molecule has 1 amide bonds. The topological polar surface area (TPSA) is 87.4 Å². The zero-order valence-corrected chi connectivity index (χ0v) is 10.0. The number of rotatable bonds is 2. The number of carbonyl (C=O) groups excluding carboxylic acids is 1. The summed E-state index contributed by atoms with van der Waals surface area (Å²) < 4.78 is 1.58. The van der Waals surface area contributed by atoms with Crippen LogP contribution in [0.2, 0.25) is 0 Å². The molecular weight excluding hydrogens is 234 g/mol. The van der Waals surface area contributed by atoms with Crippen LogP contribution in [0.4, 0.5) is 5.69 Å². The van der Waals surface area contributed by atoms with Gasteiger partial charge >= 0.3 is 0 Å². The first-order chi connectivity index (χ1) is 8.47. The third-order valence-electron chi connectivity index (χ3n) is 2.49. The lowest BCUT2D eigenvalue weighted by Crippen LogP contribution is -2.12. The summed E-state index contributed by atoms with van der Waals surface area (Å²) in [4.78, 5) is 11.9. The van der Waals surface area contributed by atoms with E-state index in [0.29, 0.717) is 11.4 Å². The molecule has 3 N–H and O–H groups in total. The molecule has 0 saturated heterocycles. The van der Waals surface area contributed by atoms with Gasteiger partial charge in [-0.05, 0) is 25.1 Å². The highest BCUT2D eigenvalue weighted by Crippen LogP contribution is 2.23. The van der Waals surface area contributed by atoms with E-state index in [0.717, 1.165) is 0 Å². The summed E-state index contributed by atoms with van der Waals surface area (Å²) in [6, 6.07) is 3.78. The fourth-order valence-electron chi connectivity index (χ4n) is 1.62. The van der Waals surface area contributed by atoms with E-state index in [4.69, 9.17) is 0 Å². The van der Waals surface area contributed by atoms with Crippen LogP contribution in [0.1, 0.15) is 16.1 Å². The van der Waals surface area contributed by atoms with Crippen molar-refractivity contribution >= 4 is 11.6 Å². The van der Waals surface area contributed by atoms with Gasteiger partial charge in [0, 0.05) is 13.2 Å². The molecule has 0 aliphatic heterocycles. The first-order valence-corrected chi connectivity index (χ1v) is 5.31. The zero-order valence-electron chi connectivity index (χ0n) is 10.0. The number of nitrogens with zero attached hydrogens (tertiary/aromatic N) is 2. The average molecular weight is 247 g/mol. The minimum Gasteiger partial charge on any atom is -0.508 e.